The number of ketones is 1. The van der Waals surface area contributed by atoms with E-state index in [1.54, 1.807) is 26.0 Å². The van der Waals surface area contributed by atoms with Crippen molar-refractivity contribution in [3.8, 4) is 11.8 Å². The maximum absolute atomic E-state index is 11.6. The molecule has 0 spiro atoms. The largest absolute Gasteiger partial charge is 0.378 e. The minimum atomic E-state index is -1.13. The maximum atomic E-state index is 11.6. The van der Waals surface area contributed by atoms with Gasteiger partial charge in [-0.1, -0.05) is 18.1 Å². The van der Waals surface area contributed by atoms with Crippen LogP contribution in [0, 0.1) is 15.4 Å². The van der Waals surface area contributed by atoms with Gasteiger partial charge in [0.15, 0.2) is 0 Å². The first-order chi connectivity index (χ1) is 6.90. The van der Waals surface area contributed by atoms with Crippen LogP contribution in [0.25, 0.3) is 0 Å². The van der Waals surface area contributed by atoms with Gasteiger partial charge in [0, 0.05) is 9.13 Å². The fourth-order valence-corrected chi connectivity index (χ4v) is 1.55. The van der Waals surface area contributed by atoms with Crippen molar-refractivity contribution in [1.29, 1.82) is 0 Å². The lowest BCUT2D eigenvalue weighted by Gasteiger charge is -2.05. The van der Waals surface area contributed by atoms with Crippen molar-refractivity contribution >= 4 is 28.4 Å². The fraction of sp³-hybridized carbons (Fsp3) is 0.250. The van der Waals surface area contributed by atoms with Gasteiger partial charge in [0.1, 0.15) is 5.60 Å². The van der Waals surface area contributed by atoms with Gasteiger partial charge >= 0.3 is 0 Å². The number of rotatable bonds is 1. The predicted octanol–water partition coefficient (Wildman–Crippen LogP) is 2.25. The van der Waals surface area contributed by atoms with Crippen LogP contribution in [0.1, 0.15) is 24.2 Å². The Bertz CT molecular complexity index is 433. The van der Waals surface area contributed by atoms with E-state index in [9.17, 15) is 9.90 Å². The monoisotopic (exact) mass is 314 g/mol. The lowest BCUT2D eigenvalue weighted by atomic mass is 10.1. The maximum Gasteiger partial charge on any atom is 0.237 e. The molecule has 2 nitrogen and oxygen atoms in total. The van der Waals surface area contributed by atoms with E-state index in [4.69, 9.17) is 0 Å². The molecule has 0 radical (unpaired) electrons. The van der Waals surface area contributed by atoms with E-state index in [0.29, 0.717) is 5.56 Å². The number of carbonyl (C=O) groups is 1. The number of hydrogen-bond donors (Lipinski definition) is 1. The third kappa shape index (κ3) is 4.02. The van der Waals surface area contributed by atoms with Crippen molar-refractivity contribution in [3.05, 3.63) is 33.4 Å². The summed E-state index contributed by atoms with van der Waals surface area (Å²) in [6.07, 6.45) is 0. The summed E-state index contributed by atoms with van der Waals surface area (Å²) in [6, 6.07) is 7.23. The van der Waals surface area contributed by atoms with Gasteiger partial charge in [-0.15, -0.1) is 0 Å². The average molecular weight is 314 g/mol. The normalized spacial score (nSPS) is 10.4. The van der Waals surface area contributed by atoms with Crippen LogP contribution in [0.4, 0.5) is 0 Å². The van der Waals surface area contributed by atoms with E-state index in [2.05, 4.69) is 34.4 Å². The van der Waals surface area contributed by atoms with Gasteiger partial charge in [-0.3, -0.25) is 4.79 Å². The summed E-state index contributed by atoms with van der Waals surface area (Å²) in [7, 11) is 0. The van der Waals surface area contributed by atoms with E-state index in [0.717, 1.165) is 3.57 Å². The molecule has 1 aromatic rings. The molecule has 0 amide bonds. The summed E-state index contributed by atoms with van der Waals surface area (Å²) >= 11 is 2.09. The predicted molar refractivity (Wildman–Crippen MR) is 67.6 cm³/mol. The molecule has 3 heteroatoms. The van der Waals surface area contributed by atoms with Crippen molar-refractivity contribution < 1.29 is 9.90 Å². The zero-order chi connectivity index (χ0) is 11.5. The minimum absolute atomic E-state index is 0.262. The Balaban J connectivity index is 2.96. The highest BCUT2D eigenvalue weighted by Crippen LogP contribution is 2.11. The average Bonchev–Trinajstić information content (AvgIpc) is 2.14. The van der Waals surface area contributed by atoms with Crippen LogP contribution in [0.5, 0.6) is 0 Å². The van der Waals surface area contributed by atoms with Crippen LogP contribution in [0.3, 0.4) is 0 Å². The van der Waals surface area contributed by atoms with Crippen molar-refractivity contribution in [2.24, 2.45) is 0 Å². The van der Waals surface area contributed by atoms with Crippen LogP contribution >= 0.6 is 22.6 Å². The van der Waals surface area contributed by atoms with Gasteiger partial charge in [-0.25, -0.2) is 0 Å². The molecule has 0 aromatic heterocycles. The third-order valence-corrected chi connectivity index (χ3v) is 2.54. The van der Waals surface area contributed by atoms with E-state index >= 15 is 0 Å². The highest BCUT2D eigenvalue weighted by molar-refractivity contribution is 14.1. The topological polar surface area (TPSA) is 37.3 Å². The number of benzene rings is 1. The summed E-state index contributed by atoms with van der Waals surface area (Å²) in [5.41, 5.74) is -0.551. The molecular weight excluding hydrogens is 303 g/mol. The van der Waals surface area contributed by atoms with E-state index in [1.807, 2.05) is 12.1 Å². The molecule has 0 heterocycles. The minimum Gasteiger partial charge on any atom is -0.378 e. The Labute approximate surface area is 103 Å². The van der Waals surface area contributed by atoms with Crippen molar-refractivity contribution in [1.82, 2.24) is 0 Å². The Hall–Kier alpha value is -0.860. The molecule has 0 bridgehead atoms. The summed E-state index contributed by atoms with van der Waals surface area (Å²) in [5.74, 6) is 4.67. The molecule has 0 fully saturated rings. The first kappa shape index (κ1) is 12.2. The second kappa shape index (κ2) is 4.77. The summed E-state index contributed by atoms with van der Waals surface area (Å²) < 4.78 is 0.866. The Morgan fingerprint density at radius 2 is 2.00 bits per heavy atom. The van der Waals surface area contributed by atoms with Crippen molar-refractivity contribution in [3.63, 3.8) is 0 Å². The first-order valence-electron chi connectivity index (χ1n) is 4.44. The number of halogens is 1. The smallest absolute Gasteiger partial charge is 0.237 e. The molecule has 0 aliphatic rings. The highest BCUT2D eigenvalue weighted by atomic mass is 127. The standard InChI is InChI=1S/C12H11IO2/c1-12(2,15)8-7-11(14)9-5-3-4-6-10(9)13/h3-6,15H,1-2H3. The molecule has 78 valence electrons. The van der Waals surface area contributed by atoms with Gasteiger partial charge in [0.2, 0.25) is 5.78 Å². The van der Waals surface area contributed by atoms with Crippen LogP contribution in [-0.2, 0) is 0 Å². The molecule has 0 saturated heterocycles. The van der Waals surface area contributed by atoms with E-state index in [1.165, 1.54) is 0 Å². The molecular formula is C12H11IO2. The van der Waals surface area contributed by atoms with Crippen LogP contribution < -0.4 is 0 Å². The van der Waals surface area contributed by atoms with Crippen LogP contribution in [0.15, 0.2) is 24.3 Å². The molecule has 15 heavy (non-hydrogen) atoms. The lowest BCUT2D eigenvalue weighted by Crippen LogP contribution is -2.15. The van der Waals surface area contributed by atoms with Crippen LogP contribution in [-0.4, -0.2) is 16.5 Å². The Morgan fingerprint density at radius 1 is 1.40 bits per heavy atom. The highest BCUT2D eigenvalue weighted by Gasteiger charge is 2.09. The number of carbonyl (C=O) groups excluding carboxylic acids is 1. The molecule has 0 atom stereocenters. The van der Waals surface area contributed by atoms with Gasteiger partial charge in [-0.2, -0.15) is 0 Å². The molecule has 1 N–H and O–H groups in total. The summed E-state index contributed by atoms with van der Waals surface area (Å²) in [5, 5.41) is 9.36. The van der Waals surface area contributed by atoms with Crippen LogP contribution in [0.2, 0.25) is 0 Å². The van der Waals surface area contributed by atoms with Gasteiger partial charge in [-0.05, 0) is 54.5 Å². The number of hydrogen-bond acceptors (Lipinski definition) is 2. The van der Waals surface area contributed by atoms with Crippen molar-refractivity contribution in [2.75, 3.05) is 0 Å². The molecule has 0 unspecified atom stereocenters. The summed E-state index contributed by atoms with van der Waals surface area (Å²) in [6.45, 7) is 3.09. The molecule has 0 aliphatic heterocycles. The zero-order valence-electron chi connectivity index (χ0n) is 8.54. The number of aliphatic hydroxyl groups is 1. The molecule has 1 rings (SSSR count). The SMILES string of the molecule is CC(C)(O)C#CC(=O)c1ccccc1I. The lowest BCUT2D eigenvalue weighted by molar-refractivity contribution is 0.105. The second-order valence-electron chi connectivity index (χ2n) is 3.62. The molecule has 0 saturated carbocycles. The van der Waals surface area contributed by atoms with Gasteiger partial charge in [0.25, 0.3) is 0 Å². The van der Waals surface area contributed by atoms with Crippen molar-refractivity contribution in [2.45, 2.75) is 19.4 Å². The van der Waals surface area contributed by atoms with E-state index < -0.39 is 5.60 Å². The van der Waals surface area contributed by atoms with Gasteiger partial charge < -0.3 is 5.11 Å². The first-order valence-corrected chi connectivity index (χ1v) is 5.52. The number of Topliss-reactive ketones (excluding diaryl/α,β-unsaturated/α-hetero) is 1. The Kier molecular flexibility index (Phi) is 3.89. The third-order valence-electron chi connectivity index (χ3n) is 1.60. The molecule has 0 aliphatic carbocycles. The summed E-state index contributed by atoms with van der Waals surface area (Å²) in [4.78, 5) is 11.6. The fourth-order valence-electron chi connectivity index (χ4n) is 0.922. The molecule has 1 aromatic carbocycles. The quantitative estimate of drug-likeness (QED) is 0.374. The van der Waals surface area contributed by atoms with E-state index in [-0.39, 0.29) is 5.78 Å². The van der Waals surface area contributed by atoms with Gasteiger partial charge in [0.05, 0.1) is 0 Å². The zero-order valence-corrected chi connectivity index (χ0v) is 10.7. The Morgan fingerprint density at radius 3 is 2.53 bits per heavy atom. The second-order valence-corrected chi connectivity index (χ2v) is 4.78.